The van der Waals surface area contributed by atoms with Gasteiger partial charge in [0, 0.05) is 55.2 Å². The van der Waals surface area contributed by atoms with Gasteiger partial charge in [0.15, 0.2) is 5.65 Å². The van der Waals surface area contributed by atoms with E-state index in [9.17, 15) is 21.6 Å². The van der Waals surface area contributed by atoms with Crippen LogP contribution in [-0.2, 0) is 36.3 Å². The Balaban J connectivity index is 0.000000344. The molecule has 0 radical (unpaired) electrons. The fourth-order valence-electron chi connectivity index (χ4n) is 3.86. The zero-order chi connectivity index (χ0) is 28.1. The first kappa shape index (κ1) is 29.4. The Bertz CT molecular complexity index is 1610. The summed E-state index contributed by atoms with van der Waals surface area (Å²) in [5, 5.41) is 1.03. The number of imidazole rings is 1. The first-order valence-corrected chi connectivity index (χ1v) is 14.9. The number of nitrogens with one attached hydrogen (secondary N) is 2. The lowest BCUT2D eigenvalue weighted by Gasteiger charge is -2.28. The molecular formula is C22H29N5O9S2. The van der Waals surface area contributed by atoms with Crippen molar-refractivity contribution >= 4 is 42.4 Å². The minimum absolute atomic E-state index is 0.0584. The smallest absolute Gasteiger partial charge is 0.327 e. The molecular weight excluding hydrogens is 542 g/mol. The minimum atomic E-state index is -3.67. The van der Waals surface area contributed by atoms with E-state index in [2.05, 4.69) is 26.0 Å². The number of nitrogens with zero attached hydrogens (tertiary/aromatic N) is 3. The second-order valence-corrected chi connectivity index (χ2v) is 11.5. The summed E-state index contributed by atoms with van der Waals surface area (Å²) < 4.78 is 64.8. The molecule has 4 aromatic rings. The molecule has 38 heavy (non-hydrogen) atoms. The van der Waals surface area contributed by atoms with Gasteiger partial charge in [-0.3, -0.25) is 18.7 Å². The van der Waals surface area contributed by atoms with Gasteiger partial charge in [0.1, 0.15) is 5.65 Å². The maximum absolute atomic E-state index is 12.5. The van der Waals surface area contributed by atoms with E-state index in [4.69, 9.17) is 18.6 Å². The van der Waals surface area contributed by atoms with Crippen LogP contribution in [-0.4, -0.2) is 88.9 Å². The number of fused-ring (bicyclic) bond motifs is 2. The number of ether oxygens (including phenoxy) is 2. The average Bonchev–Trinajstić information content (AvgIpc) is 3.40. The third-order valence-corrected chi connectivity index (χ3v) is 5.40. The van der Waals surface area contributed by atoms with Crippen LogP contribution in [0.2, 0.25) is 0 Å². The minimum Gasteiger partial charge on any atom is -0.381 e. The molecule has 0 spiro atoms. The largest absolute Gasteiger partial charge is 0.381 e. The Labute approximate surface area is 218 Å². The molecule has 0 unspecified atom stereocenters. The molecule has 16 heteroatoms. The summed E-state index contributed by atoms with van der Waals surface area (Å²) in [7, 11) is -5.61. The molecule has 4 N–H and O–H groups in total. The molecule has 208 valence electrons. The van der Waals surface area contributed by atoms with Crippen molar-refractivity contribution in [3.63, 3.8) is 0 Å². The van der Waals surface area contributed by atoms with E-state index >= 15 is 0 Å². The average molecular weight is 572 g/mol. The fraction of sp³-hybridized carbons (Fsp3) is 0.409. The van der Waals surface area contributed by atoms with Gasteiger partial charge >= 0.3 is 5.69 Å². The summed E-state index contributed by atoms with van der Waals surface area (Å²) >= 11 is 0. The molecule has 5 rings (SSSR count). The van der Waals surface area contributed by atoms with Crippen molar-refractivity contribution in [1.29, 1.82) is 0 Å². The molecule has 1 saturated heterocycles. The van der Waals surface area contributed by atoms with Crippen LogP contribution in [0, 0.1) is 0 Å². The van der Waals surface area contributed by atoms with Crippen molar-refractivity contribution < 1.29 is 35.4 Å². The second-order valence-electron chi connectivity index (χ2n) is 8.61. The summed E-state index contributed by atoms with van der Waals surface area (Å²) in [5.74, 6) is 0. The van der Waals surface area contributed by atoms with E-state index in [0.717, 1.165) is 40.5 Å². The number of pyridine rings is 2. The molecule has 4 aromatic heterocycles. The van der Waals surface area contributed by atoms with Crippen molar-refractivity contribution in [3.8, 4) is 11.1 Å². The highest BCUT2D eigenvalue weighted by Crippen LogP contribution is 2.25. The van der Waals surface area contributed by atoms with E-state index < -0.39 is 20.2 Å². The molecule has 0 saturated carbocycles. The zero-order valence-electron chi connectivity index (χ0n) is 20.9. The van der Waals surface area contributed by atoms with Crippen molar-refractivity contribution in [2.75, 3.05) is 26.2 Å². The zero-order valence-corrected chi connectivity index (χ0v) is 22.5. The van der Waals surface area contributed by atoms with E-state index in [1.165, 1.54) is 0 Å². The number of hydrogen-bond donors (Lipinski definition) is 4. The molecule has 0 amide bonds. The van der Waals surface area contributed by atoms with E-state index in [-0.39, 0.29) is 17.9 Å². The lowest BCUT2D eigenvalue weighted by molar-refractivity contribution is -0.0638. The summed E-state index contributed by atoms with van der Waals surface area (Å²) in [6.07, 6.45) is 8.64. The molecule has 5 heterocycles. The van der Waals surface area contributed by atoms with Crippen LogP contribution < -0.4 is 5.69 Å². The standard InChI is InChI=1S/C20H21N5O3.2CH4O3S/c1-27-15-3-5-28-16(8-15)11-25-17-7-14(10-23-19(17)24-20(25)26)13-6-12-2-4-21-18(12)22-9-13;2*1-5(2,3)4/h2,4,6-7,9-10,15-16H,3,5,8,11H2,1H3,(H,21,22)(H,23,24,26);2*1H3,(H,2,3,4)/t15-,16+;;/m0../s1. The van der Waals surface area contributed by atoms with Gasteiger partial charge in [0.05, 0.1) is 36.8 Å². The first-order chi connectivity index (χ1) is 17.7. The van der Waals surface area contributed by atoms with Gasteiger partial charge in [-0.1, -0.05) is 0 Å². The van der Waals surface area contributed by atoms with Crippen LogP contribution in [0.25, 0.3) is 33.3 Å². The fourth-order valence-corrected chi connectivity index (χ4v) is 3.86. The summed E-state index contributed by atoms with van der Waals surface area (Å²) in [4.78, 5) is 27.3. The van der Waals surface area contributed by atoms with Crippen molar-refractivity contribution in [1.82, 2.24) is 24.5 Å². The predicted octanol–water partition coefficient (Wildman–Crippen LogP) is 1.47. The van der Waals surface area contributed by atoms with Gasteiger partial charge < -0.3 is 14.5 Å². The molecule has 0 aliphatic carbocycles. The van der Waals surface area contributed by atoms with E-state index in [1.54, 1.807) is 17.9 Å². The Kier molecular flexibility index (Phi) is 9.40. The molecule has 0 aromatic carbocycles. The molecule has 0 bridgehead atoms. The quantitative estimate of drug-likeness (QED) is 0.258. The topological polar surface area (TPSA) is 207 Å². The lowest BCUT2D eigenvalue weighted by atomic mass is 10.1. The number of rotatable bonds is 4. The highest BCUT2D eigenvalue weighted by molar-refractivity contribution is 7.85. The number of aromatic amines is 2. The highest BCUT2D eigenvalue weighted by atomic mass is 32.2. The maximum Gasteiger partial charge on any atom is 0.327 e. The summed E-state index contributed by atoms with van der Waals surface area (Å²) in [6.45, 7) is 1.12. The van der Waals surface area contributed by atoms with Crippen LogP contribution in [0.15, 0.2) is 41.6 Å². The summed E-state index contributed by atoms with van der Waals surface area (Å²) in [6, 6.07) is 6.02. The monoisotopic (exact) mass is 571 g/mol. The number of H-pyrrole nitrogens is 2. The maximum atomic E-state index is 12.5. The van der Waals surface area contributed by atoms with Crippen LogP contribution in [0.4, 0.5) is 0 Å². The molecule has 1 aliphatic heterocycles. The van der Waals surface area contributed by atoms with Crippen LogP contribution in [0.5, 0.6) is 0 Å². The second kappa shape index (κ2) is 12.1. The van der Waals surface area contributed by atoms with E-state index in [0.29, 0.717) is 31.3 Å². The van der Waals surface area contributed by atoms with Gasteiger partial charge in [-0.25, -0.2) is 14.8 Å². The third-order valence-electron chi connectivity index (χ3n) is 5.40. The lowest BCUT2D eigenvalue weighted by Crippen LogP contribution is -2.35. The number of hydrogen-bond acceptors (Lipinski definition) is 9. The van der Waals surface area contributed by atoms with Gasteiger partial charge in [0.2, 0.25) is 0 Å². The highest BCUT2D eigenvalue weighted by Gasteiger charge is 2.24. The Morgan fingerprint density at radius 1 is 1.08 bits per heavy atom. The molecule has 1 aliphatic rings. The van der Waals surface area contributed by atoms with Crippen molar-refractivity contribution in [3.05, 3.63) is 47.3 Å². The Morgan fingerprint density at radius 3 is 2.32 bits per heavy atom. The third kappa shape index (κ3) is 9.00. The van der Waals surface area contributed by atoms with Crippen LogP contribution in [0.3, 0.4) is 0 Å². The van der Waals surface area contributed by atoms with Crippen LogP contribution in [0.1, 0.15) is 12.8 Å². The summed E-state index contributed by atoms with van der Waals surface area (Å²) in [5.41, 5.74) is 3.87. The Hall–Kier alpha value is -3.15. The first-order valence-electron chi connectivity index (χ1n) is 11.2. The van der Waals surface area contributed by atoms with Crippen molar-refractivity contribution in [2.24, 2.45) is 0 Å². The SMILES string of the molecule is CO[C@H]1CCO[C@@H](Cn2c(=O)[nH]c3ncc(-c4cnc5[nH]ccc5c4)cc32)C1.CS(=O)(=O)O.CS(=O)(=O)O. The number of aromatic nitrogens is 5. The molecule has 1 fully saturated rings. The number of methoxy groups -OCH3 is 1. The normalized spacial score (nSPS) is 17.9. The molecule has 14 nitrogen and oxygen atoms in total. The van der Waals surface area contributed by atoms with Crippen LogP contribution >= 0.6 is 0 Å². The van der Waals surface area contributed by atoms with Gasteiger partial charge in [0.25, 0.3) is 20.2 Å². The van der Waals surface area contributed by atoms with Gasteiger partial charge in [-0.05, 0) is 24.6 Å². The predicted molar refractivity (Wildman–Crippen MR) is 140 cm³/mol. The van der Waals surface area contributed by atoms with Gasteiger partial charge in [-0.15, -0.1) is 0 Å². The van der Waals surface area contributed by atoms with E-state index in [1.807, 2.05) is 24.5 Å². The van der Waals surface area contributed by atoms with Gasteiger partial charge in [-0.2, -0.15) is 16.8 Å². The molecule has 2 atom stereocenters. The van der Waals surface area contributed by atoms with Crippen molar-refractivity contribution in [2.45, 2.75) is 31.6 Å². The Morgan fingerprint density at radius 2 is 1.68 bits per heavy atom.